The number of anilines is 1. The van der Waals surface area contributed by atoms with E-state index in [9.17, 15) is 0 Å². The standard InChI is InChI=1S/C11H17N3S/c1-7-5-8(2)10(9(3)6-7)13-11(15)14(4)12/h5-6H,12H2,1-4H3,(H,13,15). The average Bonchev–Trinajstić information content (AvgIpc) is 2.10. The molecule has 0 radical (unpaired) electrons. The number of rotatable bonds is 1. The van der Waals surface area contributed by atoms with E-state index in [1.807, 2.05) is 0 Å². The van der Waals surface area contributed by atoms with E-state index in [4.69, 9.17) is 18.1 Å². The summed E-state index contributed by atoms with van der Waals surface area (Å²) in [6.45, 7) is 6.19. The van der Waals surface area contributed by atoms with Crippen LogP contribution in [0.3, 0.4) is 0 Å². The van der Waals surface area contributed by atoms with Crippen LogP contribution in [0.25, 0.3) is 0 Å². The summed E-state index contributed by atoms with van der Waals surface area (Å²) in [6, 6.07) is 4.24. The smallest absolute Gasteiger partial charge is 0.187 e. The highest BCUT2D eigenvalue weighted by molar-refractivity contribution is 7.80. The first-order valence-corrected chi connectivity index (χ1v) is 5.20. The maximum absolute atomic E-state index is 5.54. The molecule has 0 spiro atoms. The predicted molar refractivity (Wildman–Crippen MR) is 68.8 cm³/mol. The molecule has 0 aliphatic heterocycles. The van der Waals surface area contributed by atoms with Crippen molar-refractivity contribution in [2.75, 3.05) is 12.4 Å². The highest BCUT2D eigenvalue weighted by Gasteiger charge is 2.06. The second kappa shape index (κ2) is 4.59. The van der Waals surface area contributed by atoms with E-state index in [1.54, 1.807) is 7.05 Å². The van der Waals surface area contributed by atoms with Crippen molar-refractivity contribution < 1.29 is 0 Å². The Kier molecular flexibility index (Phi) is 3.66. The fourth-order valence-corrected chi connectivity index (χ4v) is 1.67. The molecular formula is C11H17N3S. The van der Waals surface area contributed by atoms with E-state index in [0.29, 0.717) is 5.11 Å². The third-order valence-corrected chi connectivity index (χ3v) is 2.62. The minimum Gasteiger partial charge on any atom is -0.331 e. The summed E-state index contributed by atoms with van der Waals surface area (Å²) in [7, 11) is 1.72. The lowest BCUT2D eigenvalue weighted by Gasteiger charge is -2.18. The molecule has 1 aromatic rings. The van der Waals surface area contributed by atoms with Crippen molar-refractivity contribution in [1.82, 2.24) is 5.01 Å². The van der Waals surface area contributed by atoms with Crippen molar-refractivity contribution >= 4 is 23.0 Å². The van der Waals surface area contributed by atoms with E-state index in [-0.39, 0.29) is 0 Å². The van der Waals surface area contributed by atoms with Gasteiger partial charge in [0.1, 0.15) is 0 Å². The molecule has 0 atom stereocenters. The molecule has 0 aliphatic carbocycles. The molecule has 3 N–H and O–H groups in total. The lowest BCUT2D eigenvalue weighted by molar-refractivity contribution is 0.548. The number of hydrogen-bond acceptors (Lipinski definition) is 2. The van der Waals surface area contributed by atoms with Gasteiger partial charge >= 0.3 is 0 Å². The third kappa shape index (κ3) is 2.91. The maximum atomic E-state index is 5.54. The van der Waals surface area contributed by atoms with Crippen LogP contribution in [0, 0.1) is 20.8 Å². The molecular weight excluding hydrogens is 206 g/mol. The Balaban J connectivity index is 3.00. The first kappa shape index (κ1) is 11.9. The lowest BCUT2D eigenvalue weighted by atomic mass is 10.1. The average molecular weight is 223 g/mol. The van der Waals surface area contributed by atoms with Crippen molar-refractivity contribution in [2.24, 2.45) is 5.84 Å². The minimum absolute atomic E-state index is 0.519. The molecule has 1 aromatic carbocycles. The molecule has 3 nitrogen and oxygen atoms in total. The molecule has 0 saturated carbocycles. The normalized spacial score (nSPS) is 9.93. The SMILES string of the molecule is Cc1cc(C)c(NC(=S)N(C)N)c(C)c1. The number of hydrazine groups is 1. The molecule has 15 heavy (non-hydrogen) atoms. The largest absolute Gasteiger partial charge is 0.331 e. The van der Waals surface area contributed by atoms with Crippen molar-refractivity contribution in [3.63, 3.8) is 0 Å². The van der Waals surface area contributed by atoms with E-state index in [1.165, 1.54) is 21.7 Å². The predicted octanol–water partition coefficient (Wildman–Crippen LogP) is 2.11. The van der Waals surface area contributed by atoms with Crippen LogP contribution in [0.5, 0.6) is 0 Å². The first-order chi connectivity index (χ1) is 6.91. The Hall–Kier alpha value is -1.13. The molecule has 1 rings (SSSR count). The van der Waals surface area contributed by atoms with E-state index in [0.717, 1.165) is 5.69 Å². The summed E-state index contributed by atoms with van der Waals surface area (Å²) in [5.74, 6) is 5.54. The number of nitrogens with zero attached hydrogens (tertiary/aromatic N) is 1. The lowest BCUT2D eigenvalue weighted by Crippen LogP contribution is -2.36. The van der Waals surface area contributed by atoms with Crippen molar-refractivity contribution in [3.8, 4) is 0 Å². The van der Waals surface area contributed by atoms with Crippen LogP contribution in [0.4, 0.5) is 5.69 Å². The summed E-state index contributed by atoms with van der Waals surface area (Å²) in [4.78, 5) is 0. The molecule has 0 fully saturated rings. The molecule has 0 heterocycles. The van der Waals surface area contributed by atoms with Crippen LogP contribution in [0.15, 0.2) is 12.1 Å². The fourth-order valence-electron chi connectivity index (χ4n) is 1.57. The second-order valence-corrected chi connectivity index (χ2v) is 4.20. The number of aryl methyl sites for hydroxylation is 3. The molecule has 0 aliphatic rings. The van der Waals surface area contributed by atoms with E-state index in [2.05, 4.69) is 38.2 Å². The first-order valence-electron chi connectivity index (χ1n) is 4.79. The van der Waals surface area contributed by atoms with Crippen molar-refractivity contribution in [3.05, 3.63) is 28.8 Å². The maximum Gasteiger partial charge on any atom is 0.187 e. The quantitative estimate of drug-likeness (QED) is 0.435. The number of benzene rings is 1. The highest BCUT2D eigenvalue weighted by Crippen LogP contribution is 2.21. The van der Waals surface area contributed by atoms with E-state index >= 15 is 0 Å². The minimum atomic E-state index is 0.519. The number of nitrogens with one attached hydrogen (secondary N) is 1. The van der Waals surface area contributed by atoms with Crippen LogP contribution in [0.2, 0.25) is 0 Å². The number of hydrogen-bond donors (Lipinski definition) is 2. The zero-order chi connectivity index (χ0) is 11.6. The molecule has 0 saturated heterocycles. The van der Waals surface area contributed by atoms with Gasteiger partial charge in [-0.3, -0.25) is 5.01 Å². The van der Waals surface area contributed by atoms with Gasteiger partial charge in [0.05, 0.1) is 0 Å². The molecule has 0 bridgehead atoms. The summed E-state index contributed by atoms with van der Waals surface area (Å²) in [6.07, 6.45) is 0. The van der Waals surface area contributed by atoms with Gasteiger partial charge in [0.25, 0.3) is 0 Å². The van der Waals surface area contributed by atoms with Crippen LogP contribution >= 0.6 is 12.2 Å². The summed E-state index contributed by atoms with van der Waals surface area (Å²) < 4.78 is 0. The third-order valence-electron chi connectivity index (χ3n) is 2.23. The van der Waals surface area contributed by atoms with E-state index < -0.39 is 0 Å². The highest BCUT2D eigenvalue weighted by atomic mass is 32.1. The van der Waals surface area contributed by atoms with Gasteiger partial charge in [0.15, 0.2) is 5.11 Å². The molecule has 82 valence electrons. The summed E-state index contributed by atoms with van der Waals surface area (Å²) in [5, 5.41) is 5.05. The molecule has 0 amide bonds. The van der Waals surface area contributed by atoms with Gasteiger partial charge < -0.3 is 5.32 Å². The zero-order valence-corrected chi connectivity index (χ0v) is 10.4. The van der Waals surface area contributed by atoms with Gasteiger partial charge in [-0.15, -0.1) is 0 Å². The van der Waals surface area contributed by atoms with Gasteiger partial charge in [0.2, 0.25) is 0 Å². The second-order valence-electron chi connectivity index (χ2n) is 3.81. The Morgan fingerprint density at radius 1 is 1.27 bits per heavy atom. The van der Waals surface area contributed by atoms with Gasteiger partial charge in [-0.2, -0.15) is 0 Å². The molecule has 0 aromatic heterocycles. The summed E-state index contributed by atoms with van der Waals surface area (Å²) >= 11 is 5.10. The zero-order valence-electron chi connectivity index (χ0n) is 9.59. The van der Waals surface area contributed by atoms with Gasteiger partial charge in [-0.05, 0) is 44.1 Å². The fraction of sp³-hybridized carbons (Fsp3) is 0.364. The number of nitrogens with two attached hydrogens (primary N) is 1. The summed E-state index contributed by atoms with van der Waals surface area (Å²) in [5.41, 5.74) is 4.65. The van der Waals surface area contributed by atoms with Crippen LogP contribution in [-0.4, -0.2) is 17.2 Å². The Morgan fingerprint density at radius 2 is 1.73 bits per heavy atom. The van der Waals surface area contributed by atoms with Crippen molar-refractivity contribution in [2.45, 2.75) is 20.8 Å². The topological polar surface area (TPSA) is 41.3 Å². The van der Waals surface area contributed by atoms with Crippen molar-refractivity contribution in [1.29, 1.82) is 0 Å². The Bertz CT molecular complexity index is 362. The van der Waals surface area contributed by atoms with Gasteiger partial charge in [0, 0.05) is 12.7 Å². The monoisotopic (exact) mass is 223 g/mol. The van der Waals surface area contributed by atoms with Gasteiger partial charge in [-0.1, -0.05) is 17.7 Å². The molecule has 0 unspecified atom stereocenters. The number of thiocarbonyl (C=S) groups is 1. The van der Waals surface area contributed by atoms with Crippen LogP contribution < -0.4 is 11.2 Å². The van der Waals surface area contributed by atoms with Gasteiger partial charge in [-0.25, -0.2) is 5.84 Å². The van der Waals surface area contributed by atoms with Crippen LogP contribution in [0.1, 0.15) is 16.7 Å². The van der Waals surface area contributed by atoms with Crippen LogP contribution in [-0.2, 0) is 0 Å². The molecule has 4 heteroatoms. The Labute approximate surface area is 96.2 Å². The Morgan fingerprint density at radius 3 is 2.13 bits per heavy atom.